The molecule has 0 spiro atoms. The van der Waals surface area contributed by atoms with Crippen LogP contribution in [0, 0.1) is 30.6 Å². The average molecular weight is 742 g/mol. The maximum atomic E-state index is 15.2. The minimum atomic E-state index is -5.07. The summed E-state index contributed by atoms with van der Waals surface area (Å²) in [5.41, 5.74) is 3.61. The summed E-state index contributed by atoms with van der Waals surface area (Å²) in [6, 6.07) is 24.7. The number of benzene rings is 4. The van der Waals surface area contributed by atoms with Crippen LogP contribution >= 0.6 is 11.6 Å². The van der Waals surface area contributed by atoms with Crippen molar-refractivity contribution in [3.05, 3.63) is 130 Å². The zero-order chi connectivity index (χ0) is 37.4. The number of hydrogen-bond donors (Lipinski definition) is 2. The molecule has 0 aromatic heterocycles. The third kappa shape index (κ3) is 5.46. The molecular formula is C40H31ClF3N3O6. The number of rotatable bonds is 6. The average Bonchev–Trinajstić information content (AvgIpc) is 3.51. The first-order chi connectivity index (χ1) is 25.3. The van der Waals surface area contributed by atoms with Gasteiger partial charge in [0.15, 0.2) is 0 Å². The molecule has 270 valence electrons. The molecule has 0 bridgehead atoms. The van der Waals surface area contributed by atoms with E-state index < -0.39 is 76.5 Å². The van der Waals surface area contributed by atoms with Gasteiger partial charge in [-0.2, -0.15) is 5.01 Å². The second-order valence-electron chi connectivity index (χ2n) is 13.8. The molecule has 6 atom stereocenters. The van der Waals surface area contributed by atoms with Gasteiger partial charge in [0.2, 0.25) is 11.8 Å². The molecule has 2 aliphatic heterocycles. The molecule has 6 unspecified atom stereocenters. The number of aromatic hydroxyl groups is 1. The summed E-state index contributed by atoms with van der Waals surface area (Å²) in [7, 11) is 0. The Morgan fingerprint density at radius 1 is 0.868 bits per heavy atom. The Kier molecular flexibility index (Phi) is 8.13. The van der Waals surface area contributed by atoms with Crippen LogP contribution < -0.4 is 15.1 Å². The van der Waals surface area contributed by atoms with Crippen LogP contribution in [0.25, 0.3) is 0 Å². The highest BCUT2D eigenvalue weighted by molar-refractivity contribution is 6.31. The highest BCUT2D eigenvalue weighted by Crippen LogP contribution is 2.65. The van der Waals surface area contributed by atoms with Crippen LogP contribution in [0.4, 0.5) is 24.5 Å². The van der Waals surface area contributed by atoms with Crippen molar-refractivity contribution in [2.24, 2.45) is 23.7 Å². The van der Waals surface area contributed by atoms with Crippen LogP contribution in [-0.2, 0) is 24.6 Å². The molecule has 2 aliphatic carbocycles. The number of phenols is 1. The number of imide groups is 2. The SMILES string of the molecule is Cc1ccc(NN2C(=O)C3CC4C(=CCC5C(=O)N(c6ccc(Cl)cc6)C(=O)C54)C(c4cc(OC(F)(F)F)ccc4O)C3(c3ccccc3)C2=O)cc1. The Morgan fingerprint density at radius 2 is 1.57 bits per heavy atom. The molecule has 53 heavy (non-hydrogen) atoms. The Labute approximate surface area is 306 Å². The van der Waals surface area contributed by atoms with Crippen LogP contribution in [0.2, 0.25) is 5.02 Å². The topological polar surface area (TPSA) is 116 Å². The number of alkyl halides is 3. The van der Waals surface area contributed by atoms with Gasteiger partial charge in [-0.1, -0.05) is 71.3 Å². The van der Waals surface area contributed by atoms with Gasteiger partial charge in [-0.3, -0.25) is 29.5 Å². The van der Waals surface area contributed by atoms with Gasteiger partial charge in [-0.15, -0.1) is 13.2 Å². The van der Waals surface area contributed by atoms with E-state index in [1.807, 2.05) is 6.92 Å². The lowest BCUT2D eigenvalue weighted by molar-refractivity contribution is -0.274. The lowest BCUT2D eigenvalue weighted by atomic mass is 9.49. The van der Waals surface area contributed by atoms with Gasteiger partial charge < -0.3 is 9.84 Å². The first-order valence-electron chi connectivity index (χ1n) is 17.0. The van der Waals surface area contributed by atoms with E-state index in [0.29, 0.717) is 27.5 Å². The monoisotopic (exact) mass is 741 g/mol. The fourth-order valence-electron chi connectivity index (χ4n) is 8.90. The van der Waals surface area contributed by atoms with E-state index in [-0.39, 0.29) is 18.4 Å². The van der Waals surface area contributed by atoms with Crippen molar-refractivity contribution in [2.45, 2.75) is 37.5 Å². The first-order valence-corrected chi connectivity index (χ1v) is 17.4. The van der Waals surface area contributed by atoms with E-state index in [9.17, 15) is 32.7 Å². The van der Waals surface area contributed by atoms with E-state index in [1.54, 1.807) is 84.9 Å². The molecule has 9 nitrogen and oxygen atoms in total. The lowest BCUT2D eigenvalue weighted by Gasteiger charge is -2.50. The van der Waals surface area contributed by atoms with E-state index in [0.717, 1.165) is 33.7 Å². The quantitative estimate of drug-likeness (QED) is 0.156. The van der Waals surface area contributed by atoms with E-state index in [1.165, 1.54) is 0 Å². The number of carbonyl (C=O) groups excluding carboxylic acids is 4. The van der Waals surface area contributed by atoms with Crippen LogP contribution in [0.15, 0.2) is 109 Å². The summed E-state index contributed by atoms with van der Waals surface area (Å²) in [4.78, 5) is 59.4. The zero-order valence-corrected chi connectivity index (χ0v) is 28.8. The van der Waals surface area contributed by atoms with E-state index in [4.69, 9.17) is 11.6 Å². The first kappa shape index (κ1) is 34.5. The number of phenolic OH excluding ortho intramolecular Hbond substituents is 1. The molecule has 2 heterocycles. The predicted octanol–water partition coefficient (Wildman–Crippen LogP) is 7.44. The highest BCUT2D eigenvalue weighted by Gasteiger charge is 2.70. The molecule has 2 N–H and O–H groups in total. The number of fused-ring (bicyclic) bond motifs is 4. The summed E-state index contributed by atoms with van der Waals surface area (Å²) < 4.78 is 45.0. The van der Waals surface area contributed by atoms with Gasteiger partial charge in [0.1, 0.15) is 11.5 Å². The van der Waals surface area contributed by atoms with Crippen molar-refractivity contribution in [2.75, 3.05) is 10.3 Å². The molecule has 2 saturated heterocycles. The summed E-state index contributed by atoms with van der Waals surface area (Å²) in [5.74, 6) is -8.37. The van der Waals surface area contributed by atoms with E-state index in [2.05, 4.69) is 10.2 Å². The maximum Gasteiger partial charge on any atom is 0.573 e. The van der Waals surface area contributed by atoms with Crippen molar-refractivity contribution in [3.8, 4) is 11.5 Å². The molecule has 1 saturated carbocycles. The smallest absolute Gasteiger partial charge is 0.508 e. The van der Waals surface area contributed by atoms with Crippen LogP contribution in [-0.4, -0.2) is 40.1 Å². The second-order valence-corrected chi connectivity index (χ2v) is 14.3. The number of aryl methyl sites for hydroxylation is 1. The number of nitrogens with zero attached hydrogens (tertiary/aromatic N) is 2. The Morgan fingerprint density at radius 3 is 2.25 bits per heavy atom. The van der Waals surface area contributed by atoms with Gasteiger partial charge >= 0.3 is 6.36 Å². The van der Waals surface area contributed by atoms with Crippen molar-refractivity contribution in [1.29, 1.82) is 0 Å². The molecule has 8 rings (SSSR count). The number of halogens is 4. The molecule has 4 aromatic carbocycles. The fraction of sp³-hybridized carbons (Fsp3) is 0.250. The third-order valence-corrected chi connectivity index (χ3v) is 11.3. The number of carbonyl (C=O) groups is 4. The molecule has 4 amide bonds. The molecule has 4 aromatic rings. The van der Waals surface area contributed by atoms with Gasteiger partial charge in [-0.05, 0) is 85.8 Å². The number of ether oxygens (including phenoxy) is 1. The summed E-state index contributed by atoms with van der Waals surface area (Å²) in [5, 5.41) is 12.8. The number of hydrazine groups is 1. The van der Waals surface area contributed by atoms with Crippen LogP contribution in [0.3, 0.4) is 0 Å². The third-order valence-electron chi connectivity index (χ3n) is 11.0. The number of nitrogens with one attached hydrogen (secondary N) is 1. The van der Waals surface area contributed by atoms with Crippen LogP contribution in [0.5, 0.6) is 11.5 Å². The fourth-order valence-corrected chi connectivity index (χ4v) is 9.02. The van der Waals surface area contributed by atoms with Crippen molar-refractivity contribution >= 4 is 46.6 Å². The molecular weight excluding hydrogens is 711 g/mol. The Balaban J connectivity index is 1.34. The molecule has 13 heteroatoms. The summed E-state index contributed by atoms with van der Waals surface area (Å²) in [6.07, 6.45) is -3.29. The Bertz CT molecular complexity index is 2190. The Hall–Kier alpha value is -5.62. The standard InChI is InChI=1S/C40H31ClF3N3O6/c1-21-7-11-24(12-8-21)45-47-36(50)31-20-29-27(16-17-28-33(29)37(51)46(35(28)49)25-13-9-23(41)10-14-25)34(39(31,38(47)52)22-5-3-2-4-6-22)30-19-26(15-18-32(30)48)53-40(42,43)44/h2-16,18-19,28-29,31,33-34,45,48H,17,20H2,1H3. The lowest BCUT2D eigenvalue weighted by Crippen LogP contribution is -2.53. The zero-order valence-electron chi connectivity index (χ0n) is 28.0. The maximum absolute atomic E-state index is 15.2. The van der Waals surface area contributed by atoms with Gasteiger partial charge in [0.25, 0.3) is 11.8 Å². The predicted molar refractivity (Wildman–Crippen MR) is 188 cm³/mol. The molecule has 0 radical (unpaired) electrons. The normalized spacial score (nSPS) is 26.6. The largest absolute Gasteiger partial charge is 0.573 e. The number of amides is 4. The number of hydrogen-bond acceptors (Lipinski definition) is 7. The molecule has 3 fully saturated rings. The number of anilines is 2. The van der Waals surface area contributed by atoms with E-state index >= 15 is 4.79 Å². The second kappa shape index (κ2) is 12.5. The molecule has 4 aliphatic rings. The van der Waals surface area contributed by atoms with Crippen LogP contribution in [0.1, 0.15) is 35.4 Å². The van der Waals surface area contributed by atoms with Gasteiger partial charge in [0.05, 0.1) is 34.5 Å². The van der Waals surface area contributed by atoms with Crippen molar-refractivity contribution < 1.29 is 42.2 Å². The summed E-state index contributed by atoms with van der Waals surface area (Å²) >= 11 is 6.09. The minimum Gasteiger partial charge on any atom is -0.508 e. The highest BCUT2D eigenvalue weighted by atomic mass is 35.5. The summed E-state index contributed by atoms with van der Waals surface area (Å²) in [6.45, 7) is 1.88. The minimum absolute atomic E-state index is 0.0397. The van der Waals surface area contributed by atoms with Crippen molar-refractivity contribution in [1.82, 2.24) is 5.01 Å². The van der Waals surface area contributed by atoms with Gasteiger partial charge in [-0.25, -0.2) is 0 Å². The van der Waals surface area contributed by atoms with Gasteiger partial charge in [0, 0.05) is 16.5 Å². The van der Waals surface area contributed by atoms with Crippen molar-refractivity contribution in [3.63, 3.8) is 0 Å². The number of allylic oxidation sites excluding steroid dienone is 2.